The van der Waals surface area contributed by atoms with E-state index in [1.807, 2.05) is 19.1 Å². The van der Waals surface area contributed by atoms with Crippen LogP contribution in [-0.2, 0) is 26.2 Å². The van der Waals surface area contributed by atoms with Gasteiger partial charge >= 0.3 is 0 Å². The standard InChI is InChI=1S/C26H35N3O5S/c1-19-12-14-24(15-13-19)35(32,33)28(3)18-25(30)29(17-21-8-7-11-23(16-21)34-4)20(2)26(31)27-22-9-5-6-10-22/h7-8,11-16,20,22H,5-6,9-10,17-18H2,1-4H3,(H,27,31). The smallest absolute Gasteiger partial charge is 0.243 e. The molecule has 0 aliphatic heterocycles. The molecule has 1 N–H and O–H groups in total. The summed E-state index contributed by atoms with van der Waals surface area (Å²) in [5.41, 5.74) is 1.72. The molecule has 8 nitrogen and oxygen atoms in total. The first-order chi connectivity index (χ1) is 16.6. The van der Waals surface area contributed by atoms with Crippen LogP contribution in [0.1, 0.15) is 43.7 Å². The monoisotopic (exact) mass is 501 g/mol. The average Bonchev–Trinajstić information content (AvgIpc) is 3.35. The van der Waals surface area contributed by atoms with Crippen LogP contribution in [0.2, 0.25) is 0 Å². The van der Waals surface area contributed by atoms with E-state index in [0.717, 1.165) is 41.1 Å². The average molecular weight is 502 g/mol. The number of amides is 2. The highest BCUT2D eigenvalue weighted by Crippen LogP contribution is 2.20. The van der Waals surface area contributed by atoms with Gasteiger partial charge in [-0.25, -0.2) is 8.42 Å². The molecule has 1 atom stereocenters. The molecule has 3 rings (SSSR count). The van der Waals surface area contributed by atoms with Crippen LogP contribution in [0.3, 0.4) is 0 Å². The number of nitrogens with zero attached hydrogens (tertiary/aromatic N) is 2. The normalized spacial score (nSPS) is 15.1. The van der Waals surface area contributed by atoms with E-state index < -0.39 is 22.0 Å². The molecule has 1 unspecified atom stereocenters. The Morgan fingerprint density at radius 3 is 2.40 bits per heavy atom. The van der Waals surface area contributed by atoms with Gasteiger partial charge in [-0.3, -0.25) is 9.59 Å². The maximum Gasteiger partial charge on any atom is 0.243 e. The molecule has 0 bridgehead atoms. The molecule has 0 spiro atoms. The fraction of sp³-hybridized carbons (Fsp3) is 0.462. The lowest BCUT2D eigenvalue weighted by Gasteiger charge is -2.31. The maximum absolute atomic E-state index is 13.4. The molecule has 0 heterocycles. The Morgan fingerprint density at radius 2 is 1.77 bits per heavy atom. The number of rotatable bonds is 10. The SMILES string of the molecule is COc1cccc(CN(C(=O)CN(C)S(=O)(=O)c2ccc(C)cc2)C(C)C(=O)NC2CCCC2)c1. The number of nitrogens with one attached hydrogen (secondary N) is 1. The molecule has 2 amide bonds. The van der Waals surface area contributed by atoms with Crippen molar-refractivity contribution in [3.05, 3.63) is 59.7 Å². The fourth-order valence-corrected chi connectivity index (χ4v) is 5.32. The molecule has 2 aromatic rings. The summed E-state index contributed by atoms with van der Waals surface area (Å²) in [7, 11) is -0.932. The van der Waals surface area contributed by atoms with Gasteiger partial charge in [0.25, 0.3) is 0 Å². The molecule has 1 saturated carbocycles. The lowest BCUT2D eigenvalue weighted by atomic mass is 10.1. The summed E-state index contributed by atoms with van der Waals surface area (Å²) in [4.78, 5) is 28.0. The van der Waals surface area contributed by atoms with Gasteiger partial charge in [-0.2, -0.15) is 4.31 Å². The molecule has 190 valence electrons. The second kappa shape index (κ2) is 11.7. The predicted molar refractivity (Wildman–Crippen MR) is 134 cm³/mol. The maximum atomic E-state index is 13.4. The minimum absolute atomic E-state index is 0.114. The van der Waals surface area contributed by atoms with Gasteiger partial charge < -0.3 is 15.0 Å². The van der Waals surface area contributed by atoms with Gasteiger partial charge in [-0.15, -0.1) is 0 Å². The Kier molecular flexibility index (Phi) is 8.91. The van der Waals surface area contributed by atoms with Crippen LogP contribution >= 0.6 is 0 Å². The zero-order valence-corrected chi connectivity index (χ0v) is 21.7. The van der Waals surface area contributed by atoms with E-state index in [1.165, 1.54) is 24.1 Å². The molecule has 1 fully saturated rings. The van der Waals surface area contributed by atoms with Crippen molar-refractivity contribution >= 4 is 21.8 Å². The molecule has 0 saturated heterocycles. The van der Waals surface area contributed by atoms with Crippen LogP contribution < -0.4 is 10.1 Å². The molecular weight excluding hydrogens is 466 g/mol. The number of likely N-dealkylation sites (N-methyl/N-ethyl adjacent to an activating group) is 1. The van der Waals surface area contributed by atoms with E-state index in [0.29, 0.717) is 5.75 Å². The van der Waals surface area contributed by atoms with Crippen LogP contribution in [0.25, 0.3) is 0 Å². The first-order valence-electron chi connectivity index (χ1n) is 11.9. The highest BCUT2D eigenvalue weighted by atomic mass is 32.2. The summed E-state index contributed by atoms with van der Waals surface area (Å²) in [5.74, 6) is -0.0608. The minimum atomic E-state index is -3.87. The Balaban J connectivity index is 1.81. The van der Waals surface area contributed by atoms with Gasteiger partial charge in [-0.1, -0.05) is 42.7 Å². The van der Waals surface area contributed by atoms with Crippen LogP contribution in [0, 0.1) is 6.92 Å². The number of benzene rings is 2. The fourth-order valence-electron chi connectivity index (χ4n) is 4.20. The molecular formula is C26H35N3O5S. The molecule has 1 aliphatic carbocycles. The largest absolute Gasteiger partial charge is 0.497 e. The molecule has 2 aromatic carbocycles. The number of ether oxygens (including phenoxy) is 1. The second-order valence-corrected chi connectivity index (χ2v) is 11.2. The molecule has 9 heteroatoms. The van der Waals surface area contributed by atoms with Gasteiger partial charge in [-0.05, 0) is 56.5 Å². The number of aryl methyl sites for hydroxylation is 1. The molecule has 0 radical (unpaired) electrons. The minimum Gasteiger partial charge on any atom is -0.497 e. The van der Waals surface area contributed by atoms with Crippen molar-refractivity contribution in [1.29, 1.82) is 0 Å². The van der Waals surface area contributed by atoms with Crippen molar-refractivity contribution in [2.24, 2.45) is 0 Å². The van der Waals surface area contributed by atoms with Gasteiger partial charge in [0.2, 0.25) is 21.8 Å². The molecule has 1 aliphatic rings. The van der Waals surface area contributed by atoms with Crippen molar-refractivity contribution in [3.63, 3.8) is 0 Å². The zero-order valence-electron chi connectivity index (χ0n) is 20.9. The molecule has 0 aromatic heterocycles. The van der Waals surface area contributed by atoms with Gasteiger partial charge in [0.15, 0.2) is 0 Å². The van der Waals surface area contributed by atoms with Crippen LogP contribution in [0.15, 0.2) is 53.4 Å². The first-order valence-corrected chi connectivity index (χ1v) is 13.3. The Morgan fingerprint density at radius 1 is 1.11 bits per heavy atom. The summed E-state index contributed by atoms with van der Waals surface area (Å²) < 4.78 is 32.4. The third-order valence-corrected chi connectivity index (χ3v) is 8.26. The Hall–Kier alpha value is -2.91. The summed E-state index contributed by atoms with van der Waals surface area (Å²) >= 11 is 0. The quantitative estimate of drug-likeness (QED) is 0.540. The summed E-state index contributed by atoms with van der Waals surface area (Å²) in [6.45, 7) is 3.31. The number of carbonyl (C=O) groups excluding carboxylic acids is 2. The third-order valence-electron chi connectivity index (χ3n) is 6.44. The van der Waals surface area contributed by atoms with Crippen molar-refractivity contribution < 1.29 is 22.7 Å². The zero-order chi connectivity index (χ0) is 25.6. The van der Waals surface area contributed by atoms with Crippen LogP contribution in [-0.4, -0.2) is 62.2 Å². The predicted octanol–water partition coefficient (Wildman–Crippen LogP) is 3.10. The first kappa shape index (κ1) is 26.7. The van der Waals surface area contributed by atoms with Crippen molar-refractivity contribution in [1.82, 2.24) is 14.5 Å². The Labute approximate surface area is 208 Å². The summed E-state index contributed by atoms with van der Waals surface area (Å²) in [5, 5.41) is 3.05. The van der Waals surface area contributed by atoms with E-state index in [2.05, 4.69) is 5.32 Å². The topological polar surface area (TPSA) is 96.0 Å². The van der Waals surface area contributed by atoms with Gasteiger partial charge in [0.1, 0.15) is 11.8 Å². The van der Waals surface area contributed by atoms with Crippen molar-refractivity contribution in [2.45, 2.75) is 63.1 Å². The number of hydrogen-bond acceptors (Lipinski definition) is 5. The van der Waals surface area contributed by atoms with E-state index in [1.54, 1.807) is 38.3 Å². The summed E-state index contributed by atoms with van der Waals surface area (Å²) in [6, 6.07) is 13.1. The van der Waals surface area contributed by atoms with Crippen LogP contribution in [0.4, 0.5) is 0 Å². The highest BCUT2D eigenvalue weighted by molar-refractivity contribution is 7.89. The van der Waals surface area contributed by atoms with Gasteiger partial charge in [0, 0.05) is 19.6 Å². The number of sulfonamides is 1. The van der Waals surface area contributed by atoms with E-state index in [-0.39, 0.29) is 29.9 Å². The lowest BCUT2D eigenvalue weighted by molar-refractivity contribution is -0.140. The highest BCUT2D eigenvalue weighted by Gasteiger charge is 2.31. The van der Waals surface area contributed by atoms with Crippen LogP contribution in [0.5, 0.6) is 5.75 Å². The number of carbonyl (C=O) groups is 2. The lowest BCUT2D eigenvalue weighted by Crippen LogP contribution is -2.52. The van der Waals surface area contributed by atoms with Crippen molar-refractivity contribution in [3.8, 4) is 5.75 Å². The van der Waals surface area contributed by atoms with Gasteiger partial charge in [0.05, 0.1) is 18.6 Å². The van der Waals surface area contributed by atoms with E-state index in [4.69, 9.17) is 4.74 Å². The molecule has 35 heavy (non-hydrogen) atoms. The van der Waals surface area contributed by atoms with E-state index >= 15 is 0 Å². The Bertz CT molecular complexity index is 1130. The third kappa shape index (κ3) is 6.82. The second-order valence-electron chi connectivity index (χ2n) is 9.11. The van der Waals surface area contributed by atoms with E-state index in [9.17, 15) is 18.0 Å². The number of methoxy groups -OCH3 is 1. The van der Waals surface area contributed by atoms with Crippen molar-refractivity contribution in [2.75, 3.05) is 20.7 Å². The number of hydrogen-bond donors (Lipinski definition) is 1. The summed E-state index contributed by atoms with van der Waals surface area (Å²) in [6.07, 6.45) is 4.01.